The number of nitrogens with zero attached hydrogens (tertiary/aromatic N) is 2. The quantitative estimate of drug-likeness (QED) is 0.866. The van der Waals surface area contributed by atoms with E-state index in [4.69, 9.17) is 5.73 Å². The van der Waals surface area contributed by atoms with Gasteiger partial charge in [-0.15, -0.1) is 11.3 Å². The first-order chi connectivity index (χ1) is 6.68. The van der Waals surface area contributed by atoms with E-state index in [0.717, 1.165) is 9.35 Å². The molecule has 72 valence electrons. The molecule has 2 aromatic rings. The molecule has 0 aliphatic carbocycles. The van der Waals surface area contributed by atoms with E-state index < -0.39 is 0 Å². The Morgan fingerprint density at radius 1 is 1.50 bits per heavy atom. The van der Waals surface area contributed by atoms with Crippen LogP contribution in [-0.4, -0.2) is 9.97 Å². The van der Waals surface area contributed by atoms with Gasteiger partial charge in [0.2, 0.25) is 0 Å². The number of nitrogen functional groups attached to an aromatic ring is 1. The van der Waals surface area contributed by atoms with Crippen LogP contribution in [0.5, 0.6) is 0 Å². The Hall–Kier alpha value is -0.940. The Morgan fingerprint density at radius 3 is 2.86 bits per heavy atom. The van der Waals surface area contributed by atoms with E-state index in [2.05, 4.69) is 25.9 Å². The summed E-state index contributed by atoms with van der Waals surface area (Å²) in [5.74, 6) is 1.17. The van der Waals surface area contributed by atoms with Gasteiger partial charge in [-0.3, -0.25) is 0 Å². The number of halogens is 1. The second-order valence-electron chi connectivity index (χ2n) is 2.86. The van der Waals surface area contributed by atoms with Gasteiger partial charge in [-0.2, -0.15) is 0 Å². The molecule has 0 aromatic carbocycles. The van der Waals surface area contributed by atoms with Gasteiger partial charge >= 0.3 is 0 Å². The molecular weight excluding hydrogens is 262 g/mol. The molecule has 5 heteroatoms. The van der Waals surface area contributed by atoms with Crippen LogP contribution in [0.1, 0.15) is 5.56 Å². The SMILES string of the molecule is Cc1ccsc1-c1ncc(Br)c(N)n1. The Morgan fingerprint density at radius 2 is 2.29 bits per heavy atom. The molecule has 2 aromatic heterocycles. The van der Waals surface area contributed by atoms with Crippen molar-refractivity contribution in [3.05, 3.63) is 27.7 Å². The zero-order valence-electron chi connectivity index (χ0n) is 7.49. The van der Waals surface area contributed by atoms with E-state index in [1.165, 1.54) is 5.56 Å². The number of aryl methyl sites for hydroxylation is 1. The van der Waals surface area contributed by atoms with Crippen molar-refractivity contribution in [2.24, 2.45) is 0 Å². The van der Waals surface area contributed by atoms with Crippen molar-refractivity contribution in [2.75, 3.05) is 5.73 Å². The smallest absolute Gasteiger partial charge is 0.171 e. The maximum absolute atomic E-state index is 5.68. The summed E-state index contributed by atoms with van der Waals surface area (Å²) in [6.45, 7) is 2.04. The Balaban J connectivity index is 2.53. The van der Waals surface area contributed by atoms with Crippen LogP contribution in [0.15, 0.2) is 22.1 Å². The second-order valence-corrected chi connectivity index (χ2v) is 4.63. The van der Waals surface area contributed by atoms with Crippen molar-refractivity contribution in [1.82, 2.24) is 9.97 Å². The molecule has 2 rings (SSSR count). The monoisotopic (exact) mass is 269 g/mol. The van der Waals surface area contributed by atoms with E-state index >= 15 is 0 Å². The van der Waals surface area contributed by atoms with Crippen molar-refractivity contribution in [3.63, 3.8) is 0 Å². The lowest BCUT2D eigenvalue weighted by atomic mass is 10.3. The summed E-state index contributed by atoms with van der Waals surface area (Å²) in [5, 5.41) is 2.02. The molecule has 0 saturated heterocycles. The minimum absolute atomic E-state index is 0.475. The minimum Gasteiger partial charge on any atom is -0.383 e. The summed E-state index contributed by atoms with van der Waals surface area (Å²) in [6.07, 6.45) is 1.68. The summed E-state index contributed by atoms with van der Waals surface area (Å²) >= 11 is 4.89. The van der Waals surface area contributed by atoms with Gasteiger partial charge in [0.1, 0.15) is 5.82 Å². The minimum atomic E-state index is 0.475. The van der Waals surface area contributed by atoms with Crippen LogP contribution < -0.4 is 5.73 Å². The molecule has 0 amide bonds. The van der Waals surface area contributed by atoms with Crippen LogP contribution in [0.4, 0.5) is 5.82 Å². The Kier molecular flexibility index (Phi) is 2.52. The average molecular weight is 270 g/mol. The van der Waals surface area contributed by atoms with E-state index in [-0.39, 0.29) is 0 Å². The van der Waals surface area contributed by atoms with E-state index in [9.17, 15) is 0 Å². The van der Waals surface area contributed by atoms with Gasteiger partial charge in [0, 0.05) is 6.20 Å². The van der Waals surface area contributed by atoms with Crippen LogP contribution in [0.3, 0.4) is 0 Å². The molecule has 0 saturated carbocycles. The molecule has 3 nitrogen and oxygen atoms in total. The first kappa shape index (κ1) is 9.61. The van der Waals surface area contributed by atoms with Crippen molar-refractivity contribution < 1.29 is 0 Å². The predicted molar refractivity (Wildman–Crippen MR) is 62.2 cm³/mol. The Bertz CT molecular complexity index is 467. The van der Waals surface area contributed by atoms with Gasteiger partial charge in [-0.1, -0.05) is 0 Å². The average Bonchev–Trinajstić information content (AvgIpc) is 2.57. The highest BCUT2D eigenvalue weighted by Gasteiger charge is 2.07. The van der Waals surface area contributed by atoms with Crippen molar-refractivity contribution in [1.29, 1.82) is 0 Å². The van der Waals surface area contributed by atoms with Gasteiger partial charge in [0.25, 0.3) is 0 Å². The van der Waals surface area contributed by atoms with Gasteiger partial charge in [-0.25, -0.2) is 9.97 Å². The molecule has 0 unspecified atom stereocenters. The summed E-state index contributed by atoms with van der Waals surface area (Å²) in [6, 6.07) is 2.04. The number of aromatic nitrogens is 2. The van der Waals surface area contributed by atoms with E-state index in [0.29, 0.717) is 11.6 Å². The standard InChI is InChI=1S/C9H8BrN3S/c1-5-2-3-14-7(5)9-12-4-6(10)8(11)13-9/h2-4H,1H3,(H2,11,12,13). The van der Waals surface area contributed by atoms with Crippen molar-refractivity contribution in [3.8, 4) is 10.7 Å². The van der Waals surface area contributed by atoms with E-state index in [1.54, 1.807) is 17.5 Å². The van der Waals surface area contributed by atoms with Gasteiger partial charge < -0.3 is 5.73 Å². The van der Waals surface area contributed by atoms with Gasteiger partial charge in [0.05, 0.1) is 9.35 Å². The molecule has 0 spiro atoms. The maximum atomic E-state index is 5.68. The van der Waals surface area contributed by atoms with Crippen LogP contribution in [0.25, 0.3) is 10.7 Å². The van der Waals surface area contributed by atoms with Gasteiger partial charge in [0.15, 0.2) is 5.82 Å². The molecule has 2 N–H and O–H groups in total. The summed E-state index contributed by atoms with van der Waals surface area (Å²) in [4.78, 5) is 9.49. The third-order valence-electron chi connectivity index (χ3n) is 1.84. The third kappa shape index (κ3) is 1.65. The molecule has 0 aliphatic heterocycles. The molecular formula is C9H8BrN3S. The molecule has 2 heterocycles. The van der Waals surface area contributed by atoms with Gasteiger partial charge in [-0.05, 0) is 39.9 Å². The van der Waals surface area contributed by atoms with Crippen LogP contribution >= 0.6 is 27.3 Å². The lowest BCUT2D eigenvalue weighted by molar-refractivity contribution is 1.17. The highest BCUT2D eigenvalue weighted by Crippen LogP contribution is 2.27. The largest absolute Gasteiger partial charge is 0.383 e. The zero-order chi connectivity index (χ0) is 10.1. The number of anilines is 1. The van der Waals surface area contributed by atoms with Crippen LogP contribution in [-0.2, 0) is 0 Å². The lowest BCUT2D eigenvalue weighted by Crippen LogP contribution is -1.95. The number of rotatable bonds is 1. The Labute approximate surface area is 94.1 Å². The highest BCUT2D eigenvalue weighted by molar-refractivity contribution is 9.10. The van der Waals surface area contributed by atoms with Crippen LogP contribution in [0, 0.1) is 6.92 Å². The third-order valence-corrected chi connectivity index (χ3v) is 3.46. The second kappa shape index (κ2) is 3.67. The van der Waals surface area contributed by atoms with Crippen LogP contribution in [0.2, 0.25) is 0 Å². The zero-order valence-corrected chi connectivity index (χ0v) is 9.89. The fourth-order valence-electron chi connectivity index (χ4n) is 1.09. The summed E-state index contributed by atoms with van der Waals surface area (Å²) in [5.41, 5.74) is 6.86. The molecule has 0 radical (unpaired) electrons. The maximum Gasteiger partial charge on any atom is 0.171 e. The predicted octanol–water partition coefficient (Wildman–Crippen LogP) is 2.86. The molecule has 0 aliphatic rings. The molecule has 0 bridgehead atoms. The topological polar surface area (TPSA) is 51.8 Å². The number of thiophene rings is 1. The highest BCUT2D eigenvalue weighted by atomic mass is 79.9. The first-order valence-electron chi connectivity index (χ1n) is 4.01. The van der Waals surface area contributed by atoms with E-state index in [1.807, 2.05) is 18.4 Å². The fourth-order valence-corrected chi connectivity index (χ4v) is 2.15. The molecule has 0 atom stereocenters. The van der Waals surface area contributed by atoms with Crippen molar-refractivity contribution in [2.45, 2.75) is 6.92 Å². The molecule has 0 fully saturated rings. The lowest BCUT2D eigenvalue weighted by Gasteiger charge is -2.00. The first-order valence-corrected chi connectivity index (χ1v) is 5.68. The molecule has 14 heavy (non-hydrogen) atoms. The number of hydrogen-bond acceptors (Lipinski definition) is 4. The normalized spacial score (nSPS) is 10.4. The summed E-state index contributed by atoms with van der Waals surface area (Å²) < 4.78 is 0.732. The number of nitrogens with two attached hydrogens (primary N) is 1. The fraction of sp³-hybridized carbons (Fsp3) is 0.111. The summed E-state index contributed by atoms with van der Waals surface area (Å²) in [7, 11) is 0. The van der Waals surface area contributed by atoms with Crippen molar-refractivity contribution >= 4 is 33.1 Å². The number of hydrogen-bond donors (Lipinski definition) is 1.